The maximum Gasteiger partial charge on any atom is 0.251 e. The van der Waals surface area contributed by atoms with Gasteiger partial charge in [0.15, 0.2) is 0 Å². The summed E-state index contributed by atoms with van der Waals surface area (Å²) >= 11 is 0. The molecule has 0 saturated carbocycles. The van der Waals surface area contributed by atoms with Crippen molar-refractivity contribution in [1.82, 2.24) is 9.80 Å². The molecule has 0 radical (unpaired) electrons. The van der Waals surface area contributed by atoms with Gasteiger partial charge in [-0.3, -0.25) is 9.69 Å². The Morgan fingerprint density at radius 2 is 1.43 bits per heavy atom. The molecule has 2 heterocycles. The van der Waals surface area contributed by atoms with E-state index in [0.717, 1.165) is 39.0 Å². The van der Waals surface area contributed by atoms with Crippen LogP contribution in [0.5, 0.6) is 0 Å². The topological polar surface area (TPSA) is 58.8 Å². The lowest BCUT2D eigenvalue weighted by molar-refractivity contribution is -0.144. The number of piperazine rings is 1. The third-order valence-corrected chi connectivity index (χ3v) is 5.87. The third-order valence-electron chi connectivity index (χ3n) is 5.87. The first-order valence-electron chi connectivity index (χ1n) is 10.2. The number of halogens is 2. The first-order valence-corrected chi connectivity index (χ1v) is 10.2. The molecule has 2 aromatic carbocycles. The zero-order valence-corrected chi connectivity index (χ0v) is 18.7. The molecule has 7 heteroatoms. The summed E-state index contributed by atoms with van der Waals surface area (Å²) < 4.78 is 5.81. The van der Waals surface area contributed by atoms with Crippen molar-refractivity contribution in [2.24, 2.45) is 5.73 Å². The van der Waals surface area contributed by atoms with E-state index in [4.69, 9.17) is 10.5 Å². The Balaban J connectivity index is 0.00000160. The zero-order chi connectivity index (χ0) is 19.3. The van der Waals surface area contributed by atoms with Gasteiger partial charge in [-0.1, -0.05) is 60.7 Å². The predicted molar refractivity (Wildman–Crippen MR) is 124 cm³/mol. The molecule has 2 atom stereocenters. The zero-order valence-electron chi connectivity index (χ0n) is 17.1. The summed E-state index contributed by atoms with van der Waals surface area (Å²) in [4.78, 5) is 17.3. The highest BCUT2D eigenvalue weighted by Gasteiger charge is 2.35. The number of carbonyl (C=O) groups is 1. The van der Waals surface area contributed by atoms with Gasteiger partial charge in [-0.05, 0) is 24.0 Å². The molecular formula is C23H31Cl2N3O2. The fourth-order valence-electron chi connectivity index (χ4n) is 4.35. The van der Waals surface area contributed by atoms with Gasteiger partial charge in [0.2, 0.25) is 0 Å². The second-order valence-electron chi connectivity index (χ2n) is 7.64. The molecule has 2 aromatic rings. The largest absolute Gasteiger partial charge is 0.364 e. The molecule has 2 N–H and O–H groups in total. The number of amides is 1. The Kier molecular flexibility index (Phi) is 9.59. The van der Waals surface area contributed by atoms with E-state index in [1.165, 1.54) is 11.1 Å². The van der Waals surface area contributed by atoms with Crippen LogP contribution in [0.25, 0.3) is 0 Å². The molecular weight excluding hydrogens is 421 g/mol. The summed E-state index contributed by atoms with van der Waals surface area (Å²) in [6.07, 6.45) is 1.41. The molecule has 2 aliphatic heterocycles. The average Bonchev–Trinajstić information content (AvgIpc) is 3.25. The molecule has 2 aliphatic rings. The Hall–Kier alpha value is -1.63. The van der Waals surface area contributed by atoms with Gasteiger partial charge in [-0.2, -0.15) is 0 Å². The van der Waals surface area contributed by atoms with E-state index >= 15 is 0 Å². The molecule has 0 spiro atoms. The van der Waals surface area contributed by atoms with Gasteiger partial charge in [0.25, 0.3) is 5.91 Å². The van der Waals surface area contributed by atoms with Gasteiger partial charge in [-0.25, -0.2) is 0 Å². The molecule has 0 bridgehead atoms. The fraction of sp³-hybridized carbons (Fsp3) is 0.435. The van der Waals surface area contributed by atoms with E-state index in [1.807, 2.05) is 4.90 Å². The summed E-state index contributed by atoms with van der Waals surface area (Å²) in [6.45, 7) is 3.68. The van der Waals surface area contributed by atoms with Gasteiger partial charge in [-0.15, -0.1) is 24.8 Å². The molecule has 0 aromatic heterocycles. The number of ether oxygens (including phenoxy) is 1. The quantitative estimate of drug-likeness (QED) is 0.757. The van der Waals surface area contributed by atoms with Gasteiger partial charge in [0, 0.05) is 32.7 Å². The lowest BCUT2D eigenvalue weighted by atomic mass is 9.96. The second kappa shape index (κ2) is 11.7. The second-order valence-corrected chi connectivity index (χ2v) is 7.64. The lowest BCUT2D eigenvalue weighted by Crippen LogP contribution is -2.52. The molecule has 0 unspecified atom stereocenters. The number of nitrogens with two attached hydrogens (primary N) is 1. The van der Waals surface area contributed by atoms with Crippen LogP contribution in [0.1, 0.15) is 30.0 Å². The highest BCUT2D eigenvalue weighted by Crippen LogP contribution is 2.30. The van der Waals surface area contributed by atoms with Gasteiger partial charge >= 0.3 is 0 Å². The summed E-state index contributed by atoms with van der Waals surface area (Å²) in [5.41, 5.74) is 8.26. The normalized spacial score (nSPS) is 21.7. The van der Waals surface area contributed by atoms with E-state index in [1.54, 1.807) is 0 Å². The minimum absolute atomic E-state index is 0. The number of nitrogens with zero attached hydrogens (tertiary/aromatic N) is 2. The number of hydrogen-bond donors (Lipinski definition) is 1. The Morgan fingerprint density at radius 1 is 0.900 bits per heavy atom. The maximum atomic E-state index is 12.8. The molecule has 2 fully saturated rings. The van der Waals surface area contributed by atoms with Crippen LogP contribution in [-0.2, 0) is 9.53 Å². The highest BCUT2D eigenvalue weighted by atomic mass is 35.5. The number of benzene rings is 2. The summed E-state index contributed by atoms with van der Waals surface area (Å²) in [6, 6.07) is 21.5. The molecule has 30 heavy (non-hydrogen) atoms. The standard InChI is InChI=1S/C23H29N3O2.2ClH/c24-17-20-11-12-21(28-20)23(27)26-15-13-25(14-16-26)22(18-7-3-1-4-8-18)19-9-5-2-6-10-19;;/h1-10,20-22H,11-17,24H2;2*1H/t20-,21+;;/m1../s1. The van der Waals surface area contributed by atoms with Crippen LogP contribution in [-0.4, -0.2) is 60.6 Å². The maximum absolute atomic E-state index is 12.8. The Bertz CT molecular complexity index is 731. The Morgan fingerprint density at radius 3 is 1.90 bits per heavy atom. The number of carbonyl (C=O) groups excluding carboxylic acids is 1. The first-order chi connectivity index (χ1) is 13.8. The van der Waals surface area contributed by atoms with Crippen molar-refractivity contribution in [3.63, 3.8) is 0 Å². The summed E-state index contributed by atoms with van der Waals surface area (Å²) in [7, 11) is 0. The molecule has 4 rings (SSSR count). The molecule has 2 saturated heterocycles. The van der Waals surface area contributed by atoms with Crippen LogP contribution in [0.4, 0.5) is 0 Å². The smallest absolute Gasteiger partial charge is 0.251 e. The van der Waals surface area contributed by atoms with Crippen molar-refractivity contribution in [3.05, 3.63) is 71.8 Å². The third kappa shape index (κ3) is 5.54. The van der Waals surface area contributed by atoms with Gasteiger partial charge in [0.1, 0.15) is 6.10 Å². The van der Waals surface area contributed by atoms with Crippen LogP contribution in [0.3, 0.4) is 0 Å². The van der Waals surface area contributed by atoms with E-state index in [0.29, 0.717) is 6.54 Å². The van der Waals surface area contributed by atoms with Crippen molar-refractivity contribution in [2.75, 3.05) is 32.7 Å². The molecule has 5 nitrogen and oxygen atoms in total. The molecule has 164 valence electrons. The van der Waals surface area contributed by atoms with E-state index in [9.17, 15) is 4.79 Å². The lowest BCUT2D eigenvalue weighted by Gasteiger charge is -2.40. The molecule has 0 aliphatic carbocycles. The van der Waals surface area contributed by atoms with Crippen molar-refractivity contribution in [3.8, 4) is 0 Å². The van der Waals surface area contributed by atoms with E-state index in [2.05, 4.69) is 65.6 Å². The summed E-state index contributed by atoms with van der Waals surface area (Å²) in [5.74, 6) is 0.131. The fourth-order valence-corrected chi connectivity index (χ4v) is 4.35. The van der Waals surface area contributed by atoms with Crippen LogP contribution in [0, 0.1) is 0 Å². The molecule has 1 amide bonds. The van der Waals surface area contributed by atoms with Crippen LogP contribution in [0.15, 0.2) is 60.7 Å². The average molecular weight is 452 g/mol. The van der Waals surface area contributed by atoms with Gasteiger partial charge < -0.3 is 15.4 Å². The minimum Gasteiger partial charge on any atom is -0.364 e. The van der Waals surface area contributed by atoms with Crippen molar-refractivity contribution >= 4 is 30.7 Å². The van der Waals surface area contributed by atoms with Crippen LogP contribution >= 0.6 is 24.8 Å². The van der Waals surface area contributed by atoms with Crippen molar-refractivity contribution < 1.29 is 9.53 Å². The van der Waals surface area contributed by atoms with E-state index in [-0.39, 0.29) is 49.0 Å². The predicted octanol–water partition coefficient (Wildman–Crippen LogP) is 3.27. The van der Waals surface area contributed by atoms with E-state index < -0.39 is 0 Å². The van der Waals surface area contributed by atoms with Crippen LogP contribution in [0.2, 0.25) is 0 Å². The SMILES string of the molecule is Cl.Cl.NC[C@H]1CC[C@@H](C(=O)N2CCN(C(c3ccccc3)c3ccccc3)CC2)O1. The number of hydrogen-bond acceptors (Lipinski definition) is 4. The highest BCUT2D eigenvalue weighted by molar-refractivity contribution is 5.85. The monoisotopic (exact) mass is 451 g/mol. The summed E-state index contributed by atoms with van der Waals surface area (Å²) in [5, 5.41) is 0. The van der Waals surface area contributed by atoms with Crippen molar-refractivity contribution in [2.45, 2.75) is 31.1 Å². The van der Waals surface area contributed by atoms with Crippen molar-refractivity contribution in [1.29, 1.82) is 0 Å². The first kappa shape index (κ1) is 24.6. The Labute approximate surface area is 191 Å². The van der Waals surface area contributed by atoms with Crippen LogP contribution < -0.4 is 5.73 Å². The van der Waals surface area contributed by atoms with Gasteiger partial charge in [0.05, 0.1) is 12.1 Å². The minimum atomic E-state index is -0.306. The number of rotatable bonds is 5.